The van der Waals surface area contributed by atoms with Crippen LogP contribution in [0.4, 0.5) is 0 Å². The van der Waals surface area contributed by atoms with Crippen LogP contribution in [0.3, 0.4) is 0 Å². The fourth-order valence-corrected chi connectivity index (χ4v) is 2.41. The van der Waals surface area contributed by atoms with E-state index in [2.05, 4.69) is 4.98 Å². The van der Waals surface area contributed by atoms with E-state index in [9.17, 15) is 20.1 Å². The molecule has 1 aromatic heterocycles. The molecule has 6 heteroatoms. The Morgan fingerprint density at radius 2 is 1.50 bits per heavy atom. The number of nitrogens with one attached hydrogen (secondary N) is 1. The molecule has 6 nitrogen and oxygen atoms in total. The number of hydrogen-bond acceptors (Lipinski definition) is 5. The fourth-order valence-electron chi connectivity index (χ4n) is 2.41. The number of aromatic hydroxyl groups is 3. The first-order chi connectivity index (χ1) is 11.5. The molecule has 0 amide bonds. The van der Waals surface area contributed by atoms with Gasteiger partial charge >= 0.3 is 0 Å². The molecular formula is C18H15NO5. The molecule has 0 aliphatic carbocycles. The zero-order chi connectivity index (χ0) is 17.3. The van der Waals surface area contributed by atoms with Crippen molar-refractivity contribution in [1.29, 1.82) is 0 Å². The molecule has 0 bridgehead atoms. The van der Waals surface area contributed by atoms with Gasteiger partial charge < -0.3 is 25.0 Å². The highest BCUT2D eigenvalue weighted by Gasteiger charge is 2.09. The number of rotatable bonds is 3. The molecule has 3 aromatic rings. The van der Waals surface area contributed by atoms with Crippen LogP contribution in [-0.2, 0) is 0 Å². The molecule has 122 valence electrons. The van der Waals surface area contributed by atoms with E-state index < -0.39 is 0 Å². The topological polar surface area (TPSA) is 103 Å². The molecule has 0 spiro atoms. The second-order valence-electron chi connectivity index (χ2n) is 5.24. The highest BCUT2D eigenvalue weighted by Crippen LogP contribution is 2.33. The van der Waals surface area contributed by atoms with Crippen LogP contribution in [0.1, 0.15) is 0 Å². The number of ether oxygens (including phenoxy) is 1. The highest BCUT2D eigenvalue weighted by molar-refractivity contribution is 5.73. The van der Waals surface area contributed by atoms with Crippen LogP contribution in [0.25, 0.3) is 22.4 Å². The summed E-state index contributed by atoms with van der Waals surface area (Å²) in [5, 5.41) is 28.7. The van der Waals surface area contributed by atoms with Crippen molar-refractivity contribution in [1.82, 2.24) is 4.98 Å². The Bertz CT molecular complexity index is 962. The van der Waals surface area contributed by atoms with Gasteiger partial charge in [0.2, 0.25) is 5.56 Å². The van der Waals surface area contributed by atoms with Gasteiger partial charge in [-0.25, -0.2) is 0 Å². The SMILES string of the molecule is COc1cc(-c2cc(-c3ccc(O)c(O)c3)cc(=O)[nH]2)ccc1O. The van der Waals surface area contributed by atoms with Gasteiger partial charge in [0.05, 0.1) is 7.11 Å². The van der Waals surface area contributed by atoms with E-state index in [0.29, 0.717) is 28.1 Å². The highest BCUT2D eigenvalue weighted by atomic mass is 16.5. The monoisotopic (exact) mass is 325 g/mol. The zero-order valence-electron chi connectivity index (χ0n) is 12.8. The third-order valence-electron chi connectivity index (χ3n) is 3.64. The Labute approximate surface area is 137 Å². The molecule has 24 heavy (non-hydrogen) atoms. The van der Waals surface area contributed by atoms with Gasteiger partial charge in [-0.2, -0.15) is 0 Å². The number of hydrogen-bond donors (Lipinski definition) is 4. The molecule has 0 unspecified atom stereocenters. The summed E-state index contributed by atoms with van der Waals surface area (Å²) >= 11 is 0. The minimum absolute atomic E-state index is 0.00297. The lowest BCUT2D eigenvalue weighted by Crippen LogP contribution is -2.05. The van der Waals surface area contributed by atoms with Gasteiger partial charge in [-0.15, -0.1) is 0 Å². The Kier molecular flexibility index (Phi) is 3.87. The van der Waals surface area contributed by atoms with Gasteiger partial charge in [-0.1, -0.05) is 6.07 Å². The van der Waals surface area contributed by atoms with Crippen LogP contribution in [-0.4, -0.2) is 27.4 Å². The summed E-state index contributed by atoms with van der Waals surface area (Å²) in [7, 11) is 1.44. The van der Waals surface area contributed by atoms with Gasteiger partial charge in [0.25, 0.3) is 0 Å². The second-order valence-corrected chi connectivity index (χ2v) is 5.24. The summed E-state index contributed by atoms with van der Waals surface area (Å²) in [6.07, 6.45) is 0. The van der Waals surface area contributed by atoms with E-state index in [-0.39, 0.29) is 22.8 Å². The predicted octanol–water partition coefficient (Wildman–Crippen LogP) is 2.83. The first kappa shape index (κ1) is 15.5. The fraction of sp³-hybridized carbons (Fsp3) is 0.0556. The largest absolute Gasteiger partial charge is 0.504 e. The smallest absolute Gasteiger partial charge is 0.249 e. The van der Waals surface area contributed by atoms with Crippen molar-refractivity contribution in [3.8, 4) is 45.4 Å². The minimum atomic E-state index is -0.317. The van der Waals surface area contributed by atoms with Gasteiger partial charge in [-0.3, -0.25) is 4.79 Å². The maximum absolute atomic E-state index is 12.0. The summed E-state index contributed by atoms with van der Waals surface area (Å²) in [4.78, 5) is 14.7. The van der Waals surface area contributed by atoms with Gasteiger partial charge in [0.15, 0.2) is 23.0 Å². The Hall–Kier alpha value is -3.41. The van der Waals surface area contributed by atoms with Crippen LogP contribution >= 0.6 is 0 Å². The number of aromatic amines is 1. The van der Waals surface area contributed by atoms with Gasteiger partial charge in [0.1, 0.15) is 0 Å². The summed E-state index contributed by atoms with van der Waals surface area (Å²) < 4.78 is 5.08. The Balaban J connectivity index is 2.12. The first-order valence-electron chi connectivity index (χ1n) is 7.12. The molecule has 0 atom stereocenters. The van der Waals surface area contributed by atoms with Crippen molar-refractivity contribution in [2.24, 2.45) is 0 Å². The number of benzene rings is 2. The van der Waals surface area contributed by atoms with Crippen molar-refractivity contribution < 1.29 is 20.1 Å². The quantitative estimate of drug-likeness (QED) is 0.555. The van der Waals surface area contributed by atoms with E-state index in [4.69, 9.17) is 4.74 Å². The number of H-pyrrole nitrogens is 1. The molecule has 0 radical (unpaired) electrons. The van der Waals surface area contributed by atoms with E-state index in [0.717, 1.165) is 0 Å². The number of phenolic OH excluding ortho intramolecular Hbond substituents is 3. The lowest BCUT2D eigenvalue weighted by molar-refractivity contribution is 0.373. The molecule has 0 aliphatic rings. The minimum Gasteiger partial charge on any atom is -0.504 e. The number of pyridine rings is 1. The van der Waals surface area contributed by atoms with E-state index >= 15 is 0 Å². The lowest BCUT2D eigenvalue weighted by atomic mass is 10.0. The van der Waals surface area contributed by atoms with Crippen LogP contribution in [0.5, 0.6) is 23.0 Å². The standard InChI is InChI=1S/C18H15NO5/c1-24-17-8-11(3-5-15(17)21)13-6-12(9-18(23)19-13)10-2-4-14(20)16(22)7-10/h2-9,20-22H,1H3,(H,19,23). The molecule has 0 aliphatic heterocycles. The summed E-state index contributed by atoms with van der Waals surface area (Å²) in [5.41, 5.74) is 2.04. The van der Waals surface area contributed by atoms with Crippen molar-refractivity contribution in [3.05, 3.63) is 58.9 Å². The van der Waals surface area contributed by atoms with E-state index in [1.807, 2.05) is 0 Å². The number of aromatic nitrogens is 1. The van der Waals surface area contributed by atoms with Crippen LogP contribution in [0.2, 0.25) is 0 Å². The number of phenols is 3. The summed E-state index contributed by atoms with van der Waals surface area (Å²) in [6, 6.07) is 12.2. The van der Waals surface area contributed by atoms with Gasteiger partial charge in [0, 0.05) is 17.3 Å². The summed E-state index contributed by atoms with van der Waals surface area (Å²) in [6.45, 7) is 0. The average Bonchev–Trinajstić information content (AvgIpc) is 2.57. The lowest BCUT2D eigenvalue weighted by Gasteiger charge is -2.09. The third-order valence-corrected chi connectivity index (χ3v) is 3.64. The van der Waals surface area contributed by atoms with Crippen LogP contribution in [0.15, 0.2) is 53.3 Å². The van der Waals surface area contributed by atoms with Crippen molar-refractivity contribution in [2.45, 2.75) is 0 Å². The molecule has 0 fully saturated rings. The average molecular weight is 325 g/mol. The molecule has 0 saturated heterocycles. The Morgan fingerprint density at radius 1 is 0.792 bits per heavy atom. The van der Waals surface area contributed by atoms with E-state index in [1.54, 1.807) is 24.3 Å². The molecule has 2 aromatic carbocycles. The number of methoxy groups -OCH3 is 1. The maximum atomic E-state index is 12.0. The van der Waals surface area contributed by atoms with Crippen LogP contribution < -0.4 is 10.3 Å². The van der Waals surface area contributed by atoms with Gasteiger partial charge in [-0.05, 0) is 47.5 Å². The van der Waals surface area contributed by atoms with Crippen LogP contribution in [0, 0.1) is 0 Å². The summed E-state index contributed by atoms with van der Waals surface area (Å²) in [5.74, 6) is -0.197. The Morgan fingerprint density at radius 3 is 2.21 bits per heavy atom. The molecular weight excluding hydrogens is 310 g/mol. The predicted molar refractivity (Wildman–Crippen MR) is 89.5 cm³/mol. The maximum Gasteiger partial charge on any atom is 0.249 e. The molecule has 0 saturated carbocycles. The van der Waals surface area contributed by atoms with Crippen molar-refractivity contribution >= 4 is 0 Å². The second kappa shape index (κ2) is 6.00. The molecule has 4 N–H and O–H groups in total. The molecule has 1 heterocycles. The van der Waals surface area contributed by atoms with Crippen molar-refractivity contribution in [2.75, 3.05) is 7.11 Å². The first-order valence-corrected chi connectivity index (χ1v) is 7.12. The molecule has 3 rings (SSSR count). The third kappa shape index (κ3) is 2.89. The van der Waals surface area contributed by atoms with Crippen molar-refractivity contribution in [3.63, 3.8) is 0 Å². The zero-order valence-corrected chi connectivity index (χ0v) is 12.8. The normalized spacial score (nSPS) is 10.5. The van der Waals surface area contributed by atoms with E-state index in [1.165, 1.54) is 31.4 Å².